The molecule has 1 N–H and O–H groups in total. The summed E-state index contributed by atoms with van der Waals surface area (Å²) in [6, 6.07) is 7.15. The normalized spacial score (nSPS) is 16.2. The molecule has 0 radical (unpaired) electrons. The maximum absolute atomic E-state index is 13.1. The second-order valence-corrected chi connectivity index (χ2v) is 8.25. The molecule has 160 valence electrons. The molecule has 1 aliphatic rings. The average molecular weight is 433 g/mol. The van der Waals surface area contributed by atoms with Crippen molar-refractivity contribution < 1.29 is 23.5 Å². The van der Waals surface area contributed by atoms with E-state index in [0.717, 1.165) is 11.3 Å². The number of carbonyl (C=O) groups is 3. The van der Waals surface area contributed by atoms with Gasteiger partial charge in [-0.1, -0.05) is 6.92 Å². The predicted octanol–water partition coefficient (Wildman–Crippen LogP) is 4.12. The van der Waals surface area contributed by atoms with Gasteiger partial charge in [0.1, 0.15) is 10.8 Å². The Hall–Kier alpha value is -2.74. The Morgan fingerprint density at radius 2 is 1.97 bits per heavy atom. The fourth-order valence-corrected chi connectivity index (χ4v) is 4.42. The number of anilines is 1. The Balaban J connectivity index is 1.70. The lowest BCUT2D eigenvalue weighted by Crippen LogP contribution is -2.43. The molecular weight excluding hydrogens is 407 g/mol. The van der Waals surface area contributed by atoms with Gasteiger partial charge in [-0.25, -0.2) is 9.18 Å². The highest BCUT2D eigenvalue weighted by Crippen LogP contribution is 2.30. The van der Waals surface area contributed by atoms with E-state index in [-0.39, 0.29) is 30.9 Å². The molecule has 0 unspecified atom stereocenters. The zero-order valence-corrected chi connectivity index (χ0v) is 17.9. The van der Waals surface area contributed by atoms with Gasteiger partial charge in [0, 0.05) is 23.5 Å². The number of thiophene rings is 1. The third-order valence-corrected chi connectivity index (χ3v) is 6.23. The summed E-state index contributed by atoms with van der Waals surface area (Å²) in [5.41, 5.74) is 0.759. The number of benzene rings is 1. The first-order chi connectivity index (χ1) is 14.4. The summed E-state index contributed by atoms with van der Waals surface area (Å²) in [4.78, 5) is 40.4. The number of amides is 2. The van der Waals surface area contributed by atoms with Crippen molar-refractivity contribution in [3.05, 3.63) is 52.2 Å². The van der Waals surface area contributed by atoms with E-state index >= 15 is 0 Å². The standard InChI is InChI=1S/C22H25FN2O4S/c1-3-17-12-18(22(28)29-4-2)20(30-17)24-19(26)15-6-5-11-25(13-15)21(27)14-7-9-16(23)10-8-14/h7-10,12,15H,3-6,11,13H2,1-2H3,(H,24,26)/t15-/m1/s1. The molecule has 3 rings (SSSR count). The molecule has 30 heavy (non-hydrogen) atoms. The van der Waals surface area contributed by atoms with Crippen LogP contribution in [-0.2, 0) is 16.0 Å². The van der Waals surface area contributed by atoms with E-state index in [1.165, 1.54) is 35.6 Å². The smallest absolute Gasteiger partial charge is 0.341 e. The molecule has 0 aliphatic carbocycles. The molecule has 2 amide bonds. The monoisotopic (exact) mass is 432 g/mol. The molecule has 2 heterocycles. The molecular formula is C22H25FN2O4S. The summed E-state index contributed by atoms with van der Waals surface area (Å²) in [5, 5.41) is 3.36. The number of esters is 1. The van der Waals surface area contributed by atoms with E-state index < -0.39 is 11.8 Å². The first kappa shape index (κ1) is 22.0. The van der Waals surface area contributed by atoms with Crippen molar-refractivity contribution in [3.63, 3.8) is 0 Å². The zero-order valence-electron chi connectivity index (χ0n) is 17.1. The van der Waals surface area contributed by atoms with Gasteiger partial charge in [0.15, 0.2) is 0 Å². The number of rotatable bonds is 6. The van der Waals surface area contributed by atoms with Gasteiger partial charge >= 0.3 is 5.97 Å². The number of nitrogens with one attached hydrogen (secondary N) is 1. The van der Waals surface area contributed by atoms with Crippen LogP contribution in [-0.4, -0.2) is 42.4 Å². The summed E-state index contributed by atoms with van der Waals surface area (Å²) < 4.78 is 18.2. The summed E-state index contributed by atoms with van der Waals surface area (Å²) in [5.74, 6) is -1.68. The van der Waals surface area contributed by atoms with Crippen molar-refractivity contribution in [3.8, 4) is 0 Å². The lowest BCUT2D eigenvalue weighted by molar-refractivity contribution is -0.121. The number of ether oxygens (including phenoxy) is 1. The Bertz CT molecular complexity index is 926. The van der Waals surface area contributed by atoms with Crippen LogP contribution in [0.4, 0.5) is 9.39 Å². The van der Waals surface area contributed by atoms with Crippen molar-refractivity contribution in [2.45, 2.75) is 33.1 Å². The van der Waals surface area contributed by atoms with Crippen molar-refractivity contribution in [1.82, 2.24) is 4.90 Å². The van der Waals surface area contributed by atoms with Crippen molar-refractivity contribution in [1.29, 1.82) is 0 Å². The molecule has 1 fully saturated rings. The minimum atomic E-state index is -0.458. The lowest BCUT2D eigenvalue weighted by atomic mass is 9.96. The molecule has 1 aliphatic heterocycles. The quantitative estimate of drug-likeness (QED) is 0.697. The summed E-state index contributed by atoms with van der Waals surface area (Å²) in [6.07, 6.45) is 2.09. The zero-order chi connectivity index (χ0) is 21.7. The molecule has 2 aromatic rings. The molecule has 0 spiro atoms. The number of nitrogens with zero attached hydrogens (tertiary/aromatic N) is 1. The summed E-state index contributed by atoms with van der Waals surface area (Å²) >= 11 is 1.36. The number of hydrogen-bond acceptors (Lipinski definition) is 5. The van der Waals surface area contributed by atoms with Crippen LogP contribution in [0.1, 0.15) is 52.3 Å². The Labute approximate surface area is 179 Å². The van der Waals surface area contributed by atoms with Crippen LogP contribution in [0.5, 0.6) is 0 Å². The van der Waals surface area contributed by atoms with Gasteiger partial charge in [-0.05, 0) is 56.5 Å². The number of hydrogen-bond donors (Lipinski definition) is 1. The van der Waals surface area contributed by atoms with Crippen LogP contribution in [0.25, 0.3) is 0 Å². The van der Waals surface area contributed by atoms with E-state index in [9.17, 15) is 18.8 Å². The van der Waals surface area contributed by atoms with Crippen LogP contribution in [0.15, 0.2) is 30.3 Å². The molecule has 1 atom stereocenters. The minimum Gasteiger partial charge on any atom is -0.462 e. The second kappa shape index (κ2) is 9.84. The van der Waals surface area contributed by atoms with Crippen LogP contribution in [0, 0.1) is 11.7 Å². The first-order valence-corrected chi connectivity index (χ1v) is 10.9. The fourth-order valence-electron chi connectivity index (χ4n) is 3.43. The number of carbonyl (C=O) groups excluding carboxylic acids is 3. The largest absolute Gasteiger partial charge is 0.462 e. The van der Waals surface area contributed by atoms with Gasteiger partial charge in [-0.15, -0.1) is 11.3 Å². The summed E-state index contributed by atoms with van der Waals surface area (Å²) in [6.45, 7) is 4.80. The highest BCUT2D eigenvalue weighted by molar-refractivity contribution is 7.16. The van der Waals surface area contributed by atoms with Gasteiger partial charge < -0.3 is 15.0 Å². The third kappa shape index (κ3) is 5.05. The molecule has 0 bridgehead atoms. The molecule has 8 heteroatoms. The van der Waals surface area contributed by atoms with Crippen LogP contribution in [0.3, 0.4) is 0 Å². The highest BCUT2D eigenvalue weighted by atomic mass is 32.1. The number of piperidine rings is 1. The van der Waals surface area contributed by atoms with Gasteiger partial charge in [0.05, 0.1) is 18.1 Å². The van der Waals surface area contributed by atoms with Crippen LogP contribution >= 0.6 is 11.3 Å². The Morgan fingerprint density at radius 3 is 2.63 bits per heavy atom. The first-order valence-electron chi connectivity index (χ1n) is 10.1. The van der Waals surface area contributed by atoms with E-state index in [2.05, 4.69) is 5.32 Å². The van der Waals surface area contributed by atoms with E-state index in [1.807, 2.05) is 6.92 Å². The topological polar surface area (TPSA) is 75.7 Å². The maximum Gasteiger partial charge on any atom is 0.341 e. The lowest BCUT2D eigenvalue weighted by Gasteiger charge is -2.32. The summed E-state index contributed by atoms with van der Waals surface area (Å²) in [7, 11) is 0. The van der Waals surface area contributed by atoms with Gasteiger partial charge in [-0.2, -0.15) is 0 Å². The Kier molecular flexibility index (Phi) is 7.20. The van der Waals surface area contributed by atoms with Gasteiger partial charge in [0.2, 0.25) is 5.91 Å². The van der Waals surface area contributed by atoms with Crippen molar-refractivity contribution in [2.75, 3.05) is 25.0 Å². The fraction of sp³-hybridized carbons (Fsp3) is 0.409. The Morgan fingerprint density at radius 1 is 1.23 bits per heavy atom. The van der Waals surface area contributed by atoms with Crippen molar-refractivity contribution >= 4 is 34.1 Å². The number of aryl methyl sites for hydroxylation is 1. The molecule has 1 saturated heterocycles. The van der Waals surface area contributed by atoms with E-state index in [1.54, 1.807) is 17.9 Å². The highest BCUT2D eigenvalue weighted by Gasteiger charge is 2.30. The molecule has 1 aromatic carbocycles. The van der Waals surface area contributed by atoms with E-state index in [4.69, 9.17) is 4.74 Å². The van der Waals surface area contributed by atoms with Gasteiger partial charge in [0.25, 0.3) is 5.91 Å². The molecule has 6 nitrogen and oxygen atoms in total. The minimum absolute atomic E-state index is 0.218. The number of likely N-dealkylation sites (tertiary alicyclic amines) is 1. The SMILES string of the molecule is CCOC(=O)c1cc(CC)sc1NC(=O)[C@@H]1CCCN(C(=O)c2ccc(F)cc2)C1. The van der Waals surface area contributed by atoms with Gasteiger partial charge in [-0.3, -0.25) is 9.59 Å². The second-order valence-electron chi connectivity index (χ2n) is 7.12. The van der Waals surface area contributed by atoms with Crippen LogP contribution < -0.4 is 5.32 Å². The van der Waals surface area contributed by atoms with Crippen molar-refractivity contribution in [2.24, 2.45) is 5.92 Å². The van der Waals surface area contributed by atoms with Crippen LogP contribution in [0.2, 0.25) is 0 Å². The third-order valence-electron chi connectivity index (χ3n) is 5.03. The average Bonchev–Trinajstić information content (AvgIpc) is 3.17. The predicted molar refractivity (Wildman–Crippen MR) is 113 cm³/mol. The maximum atomic E-state index is 13.1. The molecule has 0 saturated carbocycles. The molecule has 1 aromatic heterocycles. The van der Waals surface area contributed by atoms with E-state index in [0.29, 0.717) is 35.5 Å². The number of halogens is 1.